The van der Waals surface area contributed by atoms with Gasteiger partial charge in [0.15, 0.2) is 0 Å². The van der Waals surface area contributed by atoms with Crippen LogP contribution in [0.25, 0.3) is 10.9 Å². The van der Waals surface area contributed by atoms with Crippen molar-refractivity contribution in [2.45, 2.75) is 51.1 Å². The van der Waals surface area contributed by atoms with Gasteiger partial charge >= 0.3 is 0 Å². The van der Waals surface area contributed by atoms with Crippen LogP contribution in [0.1, 0.15) is 37.3 Å². The van der Waals surface area contributed by atoms with Crippen LogP contribution in [0.3, 0.4) is 0 Å². The molecule has 1 aromatic carbocycles. The molecule has 2 N–H and O–H groups in total. The fraction of sp³-hybridized carbons (Fsp3) is 0.619. The lowest BCUT2D eigenvalue weighted by Gasteiger charge is -2.46. The minimum absolute atomic E-state index is 0.505. The van der Waals surface area contributed by atoms with E-state index < -0.39 is 0 Å². The average Bonchev–Trinajstić information content (AvgIpc) is 3.06. The van der Waals surface area contributed by atoms with Gasteiger partial charge < -0.3 is 19.9 Å². The zero-order valence-corrected chi connectivity index (χ0v) is 15.2. The molecule has 0 saturated carbocycles. The molecule has 1 aromatic heterocycles. The van der Waals surface area contributed by atoms with E-state index in [1.807, 2.05) is 0 Å². The van der Waals surface area contributed by atoms with Crippen molar-refractivity contribution in [3.63, 3.8) is 0 Å². The Morgan fingerprint density at radius 2 is 2.20 bits per heavy atom. The third kappa shape index (κ3) is 2.85. The molecule has 3 saturated heterocycles. The second-order valence-corrected chi connectivity index (χ2v) is 8.25. The Balaban J connectivity index is 1.35. The van der Waals surface area contributed by atoms with Crippen molar-refractivity contribution >= 4 is 10.9 Å². The number of aromatic amines is 1. The molecule has 5 heterocycles. The highest BCUT2D eigenvalue weighted by Gasteiger charge is 2.34. The molecular formula is C21H29N3O. The zero-order chi connectivity index (χ0) is 16.8. The smallest absolute Gasteiger partial charge is 0.123 e. The SMILES string of the molecule is C[C@@H](Cc1c[nH]c2ccc3c(c12)CCCO3)N[C@@H]1CN2CCC1CC2. The van der Waals surface area contributed by atoms with Crippen molar-refractivity contribution in [3.8, 4) is 5.75 Å². The van der Waals surface area contributed by atoms with Gasteiger partial charge in [0.2, 0.25) is 0 Å². The predicted molar refractivity (Wildman–Crippen MR) is 101 cm³/mol. The van der Waals surface area contributed by atoms with Crippen LogP contribution in [-0.4, -0.2) is 48.2 Å². The molecule has 2 aromatic rings. The number of hydrogen-bond donors (Lipinski definition) is 2. The van der Waals surface area contributed by atoms with Gasteiger partial charge in [0.25, 0.3) is 0 Å². The number of piperidine rings is 3. The van der Waals surface area contributed by atoms with Gasteiger partial charge in [-0.15, -0.1) is 0 Å². The summed E-state index contributed by atoms with van der Waals surface area (Å²) in [5.74, 6) is 1.98. The predicted octanol–water partition coefficient (Wildman–Crippen LogP) is 3.11. The molecule has 4 heteroatoms. The highest BCUT2D eigenvalue weighted by Crippen LogP contribution is 2.34. The molecule has 0 aliphatic carbocycles. The minimum atomic E-state index is 0.505. The molecule has 4 nitrogen and oxygen atoms in total. The van der Waals surface area contributed by atoms with E-state index in [1.165, 1.54) is 54.5 Å². The van der Waals surface area contributed by atoms with Crippen LogP contribution >= 0.6 is 0 Å². The summed E-state index contributed by atoms with van der Waals surface area (Å²) < 4.78 is 5.88. The Morgan fingerprint density at radius 1 is 1.32 bits per heavy atom. The first-order chi connectivity index (χ1) is 12.3. The summed E-state index contributed by atoms with van der Waals surface area (Å²) in [7, 11) is 0. The van der Waals surface area contributed by atoms with Gasteiger partial charge in [-0.25, -0.2) is 0 Å². The number of ether oxygens (including phenoxy) is 1. The van der Waals surface area contributed by atoms with Gasteiger partial charge in [-0.1, -0.05) is 0 Å². The maximum atomic E-state index is 5.88. The van der Waals surface area contributed by atoms with Gasteiger partial charge in [-0.2, -0.15) is 0 Å². The maximum absolute atomic E-state index is 5.88. The van der Waals surface area contributed by atoms with Crippen molar-refractivity contribution in [3.05, 3.63) is 29.5 Å². The fourth-order valence-corrected chi connectivity index (χ4v) is 5.24. The highest BCUT2D eigenvalue weighted by molar-refractivity contribution is 5.89. The molecule has 0 amide bonds. The second kappa shape index (κ2) is 6.33. The molecule has 4 aliphatic rings. The molecule has 6 rings (SSSR count). The number of fused-ring (bicyclic) bond motifs is 6. The molecule has 0 unspecified atom stereocenters. The van der Waals surface area contributed by atoms with Gasteiger partial charge in [0, 0.05) is 41.3 Å². The number of nitrogens with one attached hydrogen (secondary N) is 2. The molecule has 0 spiro atoms. The minimum Gasteiger partial charge on any atom is -0.493 e. The summed E-state index contributed by atoms with van der Waals surface area (Å²) in [5, 5.41) is 5.36. The molecule has 2 atom stereocenters. The molecule has 0 radical (unpaired) electrons. The topological polar surface area (TPSA) is 40.3 Å². The second-order valence-electron chi connectivity index (χ2n) is 8.25. The van der Waals surface area contributed by atoms with E-state index in [4.69, 9.17) is 4.74 Å². The number of rotatable bonds is 4. The van der Waals surface area contributed by atoms with E-state index in [0.717, 1.165) is 37.5 Å². The Bertz CT molecular complexity index is 760. The van der Waals surface area contributed by atoms with Gasteiger partial charge in [-0.05, 0) is 75.7 Å². The Hall–Kier alpha value is -1.52. The highest BCUT2D eigenvalue weighted by atomic mass is 16.5. The Labute approximate surface area is 149 Å². The lowest BCUT2D eigenvalue weighted by atomic mass is 9.83. The van der Waals surface area contributed by atoms with Crippen molar-refractivity contribution < 1.29 is 4.74 Å². The van der Waals surface area contributed by atoms with Crippen molar-refractivity contribution in [2.75, 3.05) is 26.2 Å². The van der Waals surface area contributed by atoms with Crippen molar-refractivity contribution in [1.29, 1.82) is 0 Å². The van der Waals surface area contributed by atoms with Crippen LogP contribution in [0.5, 0.6) is 5.75 Å². The number of aryl methyl sites for hydroxylation is 1. The largest absolute Gasteiger partial charge is 0.493 e. The lowest BCUT2D eigenvalue weighted by molar-refractivity contribution is 0.0681. The third-order valence-electron chi connectivity index (χ3n) is 6.50. The van der Waals surface area contributed by atoms with Crippen LogP contribution in [0, 0.1) is 5.92 Å². The van der Waals surface area contributed by atoms with E-state index in [0.29, 0.717) is 12.1 Å². The average molecular weight is 339 g/mol. The van der Waals surface area contributed by atoms with Crippen molar-refractivity contribution in [2.24, 2.45) is 5.92 Å². The van der Waals surface area contributed by atoms with Gasteiger partial charge in [-0.3, -0.25) is 0 Å². The fourth-order valence-electron chi connectivity index (χ4n) is 5.24. The summed E-state index contributed by atoms with van der Waals surface area (Å²) in [4.78, 5) is 6.11. The van der Waals surface area contributed by atoms with E-state index in [-0.39, 0.29) is 0 Å². The summed E-state index contributed by atoms with van der Waals surface area (Å²) in [6, 6.07) is 5.49. The molecule has 134 valence electrons. The Kier molecular flexibility index (Phi) is 3.98. The van der Waals surface area contributed by atoms with Crippen LogP contribution in [0.2, 0.25) is 0 Å². The lowest BCUT2D eigenvalue weighted by Crippen LogP contribution is -2.57. The third-order valence-corrected chi connectivity index (χ3v) is 6.50. The van der Waals surface area contributed by atoms with E-state index in [1.54, 1.807) is 0 Å². The normalized spacial score (nSPS) is 29.4. The van der Waals surface area contributed by atoms with Gasteiger partial charge in [0.05, 0.1) is 6.61 Å². The number of H-pyrrole nitrogens is 1. The quantitative estimate of drug-likeness (QED) is 0.899. The number of aromatic nitrogens is 1. The van der Waals surface area contributed by atoms with Crippen LogP contribution < -0.4 is 10.1 Å². The molecule has 25 heavy (non-hydrogen) atoms. The van der Waals surface area contributed by atoms with Gasteiger partial charge in [0.1, 0.15) is 5.75 Å². The van der Waals surface area contributed by atoms with Crippen LogP contribution in [-0.2, 0) is 12.8 Å². The summed E-state index contributed by atoms with van der Waals surface area (Å²) in [5.41, 5.74) is 4.11. The van der Waals surface area contributed by atoms with E-state index >= 15 is 0 Å². The van der Waals surface area contributed by atoms with Crippen molar-refractivity contribution in [1.82, 2.24) is 15.2 Å². The summed E-state index contributed by atoms with van der Waals surface area (Å²) in [6.07, 6.45) is 8.32. The maximum Gasteiger partial charge on any atom is 0.123 e. The first-order valence-corrected chi connectivity index (χ1v) is 10.0. The van der Waals surface area contributed by atoms with E-state index in [9.17, 15) is 0 Å². The monoisotopic (exact) mass is 339 g/mol. The first kappa shape index (κ1) is 15.7. The number of benzene rings is 1. The molecule has 4 aliphatic heterocycles. The van der Waals surface area contributed by atoms with Crippen LogP contribution in [0.4, 0.5) is 0 Å². The summed E-state index contributed by atoms with van der Waals surface area (Å²) in [6.45, 7) is 7.07. The zero-order valence-electron chi connectivity index (χ0n) is 15.2. The van der Waals surface area contributed by atoms with Crippen LogP contribution in [0.15, 0.2) is 18.3 Å². The standard InChI is InChI=1S/C21H29N3O/c1-14(23-19-13-24-8-6-15(19)7-9-24)11-16-12-22-18-4-5-20-17(21(16)18)3-2-10-25-20/h4-5,12,14-15,19,22-23H,2-3,6-11,13H2,1H3/t14-,19+/m0/s1. The molecular weight excluding hydrogens is 310 g/mol. The molecule has 2 bridgehead atoms. The van der Waals surface area contributed by atoms with E-state index in [2.05, 4.69) is 40.5 Å². The number of nitrogens with zero attached hydrogens (tertiary/aromatic N) is 1. The first-order valence-electron chi connectivity index (χ1n) is 10.0. The number of hydrogen-bond acceptors (Lipinski definition) is 3. The summed E-state index contributed by atoms with van der Waals surface area (Å²) >= 11 is 0. The molecule has 3 fully saturated rings. The Morgan fingerprint density at radius 3 is 3.00 bits per heavy atom.